The molecule has 0 saturated carbocycles. The third-order valence-corrected chi connectivity index (χ3v) is 5.62. The molecule has 0 bridgehead atoms. The molecule has 142 valence electrons. The molecule has 0 fully saturated rings. The zero-order valence-corrected chi connectivity index (χ0v) is 16.9. The number of nitrogens with zero attached hydrogens (tertiary/aromatic N) is 1. The van der Waals surface area contributed by atoms with Gasteiger partial charge in [0, 0.05) is 32.8 Å². The monoisotopic (exact) mass is 352 g/mol. The zero-order chi connectivity index (χ0) is 18.5. The van der Waals surface area contributed by atoms with Crippen molar-refractivity contribution in [3.63, 3.8) is 0 Å². The Morgan fingerprint density at radius 2 is 1.69 bits per heavy atom. The van der Waals surface area contributed by atoms with E-state index in [1.807, 2.05) is 0 Å². The highest BCUT2D eigenvalue weighted by molar-refractivity contribution is 5.54. The number of aryl methyl sites for hydroxylation is 1. The lowest BCUT2D eigenvalue weighted by atomic mass is 9.96. The summed E-state index contributed by atoms with van der Waals surface area (Å²) in [5, 5.41) is 3.43. The third kappa shape index (κ3) is 4.67. The van der Waals surface area contributed by atoms with E-state index >= 15 is 0 Å². The fraction of sp³-hybridized carbons (Fsp3) is 0.500. The molecule has 0 amide bonds. The molecule has 0 aliphatic carbocycles. The van der Waals surface area contributed by atoms with Crippen LogP contribution >= 0.6 is 0 Å². The van der Waals surface area contributed by atoms with Crippen LogP contribution in [0.25, 0.3) is 0 Å². The minimum atomic E-state index is 0. The Morgan fingerprint density at radius 3 is 2.42 bits per heavy atom. The van der Waals surface area contributed by atoms with Gasteiger partial charge < -0.3 is 5.32 Å². The summed E-state index contributed by atoms with van der Waals surface area (Å²) < 4.78 is 0. The van der Waals surface area contributed by atoms with Crippen molar-refractivity contribution in [2.75, 3.05) is 18.4 Å². The molecule has 2 aromatic rings. The van der Waals surface area contributed by atoms with Gasteiger partial charge in [-0.2, -0.15) is 0 Å². The van der Waals surface area contributed by atoms with Crippen LogP contribution in [0.5, 0.6) is 0 Å². The Bertz CT molecular complexity index is 724. The van der Waals surface area contributed by atoms with Gasteiger partial charge in [-0.05, 0) is 67.3 Å². The smallest absolute Gasteiger partial charge is 0.0372 e. The topological polar surface area (TPSA) is 15.3 Å². The second kappa shape index (κ2) is 8.73. The van der Waals surface area contributed by atoms with Crippen LogP contribution in [0.1, 0.15) is 63.7 Å². The molecule has 26 heavy (non-hydrogen) atoms. The lowest BCUT2D eigenvalue weighted by Gasteiger charge is -2.31. The minimum absolute atomic E-state index is 0. The first-order valence-electron chi connectivity index (χ1n) is 10.2. The van der Waals surface area contributed by atoms with Crippen molar-refractivity contribution in [2.45, 2.75) is 65.5 Å². The predicted octanol–water partition coefficient (Wildman–Crippen LogP) is 5.87. The van der Waals surface area contributed by atoms with Gasteiger partial charge in [-0.15, -0.1) is 0 Å². The van der Waals surface area contributed by atoms with Gasteiger partial charge in [0.2, 0.25) is 0 Å². The van der Waals surface area contributed by atoms with Crippen LogP contribution in [0, 0.1) is 0 Å². The first kappa shape index (κ1) is 19.0. The quantitative estimate of drug-likeness (QED) is 0.727. The molecular formula is C24H36N2. The Kier molecular flexibility index (Phi) is 6.37. The summed E-state index contributed by atoms with van der Waals surface area (Å²) in [6, 6.07) is 16.3. The van der Waals surface area contributed by atoms with Gasteiger partial charge in [-0.1, -0.05) is 50.2 Å². The summed E-state index contributed by atoms with van der Waals surface area (Å²) in [7, 11) is 0. The van der Waals surface area contributed by atoms with Crippen molar-refractivity contribution >= 4 is 5.69 Å². The maximum Gasteiger partial charge on any atom is 0.0372 e. The Morgan fingerprint density at radius 1 is 0.923 bits per heavy atom. The Labute approximate surface area is 161 Å². The van der Waals surface area contributed by atoms with E-state index in [-0.39, 0.29) is 1.43 Å². The molecule has 0 aromatic heterocycles. The fourth-order valence-electron chi connectivity index (χ4n) is 3.81. The van der Waals surface area contributed by atoms with E-state index in [4.69, 9.17) is 0 Å². The van der Waals surface area contributed by atoms with E-state index in [0.717, 1.165) is 13.1 Å². The maximum atomic E-state index is 3.43. The number of hydrogen-bond acceptors (Lipinski definition) is 2. The van der Waals surface area contributed by atoms with E-state index in [2.05, 4.69) is 80.4 Å². The minimum Gasteiger partial charge on any atom is -0.385 e. The van der Waals surface area contributed by atoms with E-state index in [0.29, 0.717) is 12.0 Å². The van der Waals surface area contributed by atoms with E-state index in [1.54, 1.807) is 5.56 Å². The second-order valence-corrected chi connectivity index (χ2v) is 8.18. The number of nitrogens with one attached hydrogen (secondary N) is 1. The summed E-state index contributed by atoms with van der Waals surface area (Å²) >= 11 is 0. The maximum absolute atomic E-state index is 3.43. The summed E-state index contributed by atoms with van der Waals surface area (Å²) in [4.78, 5) is 2.53. The first-order valence-corrected chi connectivity index (χ1v) is 10.2. The van der Waals surface area contributed by atoms with Crippen molar-refractivity contribution in [2.24, 2.45) is 0 Å². The molecule has 2 heterocycles. The number of anilines is 1. The van der Waals surface area contributed by atoms with Gasteiger partial charge >= 0.3 is 0 Å². The molecule has 4 rings (SSSR count). The predicted molar refractivity (Wildman–Crippen MR) is 115 cm³/mol. The first-order chi connectivity index (χ1) is 12.5. The summed E-state index contributed by atoms with van der Waals surface area (Å²) in [6.07, 6.45) is 3.73. The van der Waals surface area contributed by atoms with Crippen molar-refractivity contribution in [3.8, 4) is 0 Å². The average molecular weight is 353 g/mol. The van der Waals surface area contributed by atoms with E-state index in [1.165, 1.54) is 48.2 Å². The molecule has 2 nitrogen and oxygen atoms in total. The van der Waals surface area contributed by atoms with E-state index < -0.39 is 0 Å². The molecule has 0 spiro atoms. The van der Waals surface area contributed by atoms with Crippen LogP contribution in [0.4, 0.5) is 5.69 Å². The number of benzene rings is 2. The van der Waals surface area contributed by atoms with Gasteiger partial charge in [0.05, 0.1) is 0 Å². The number of fused-ring (bicyclic) bond motifs is 2. The molecule has 2 aliphatic rings. The molecule has 2 aliphatic heterocycles. The molecule has 0 radical (unpaired) electrons. The number of rotatable bonds is 2. The van der Waals surface area contributed by atoms with Gasteiger partial charge in [0.25, 0.3) is 0 Å². The average Bonchev–Trinajstić information content (AvgIpc) is 2.67. The molecule has 1 N–H and O–H groups in total. The van der Waals surface area contributed by atoms with Crippen LogP contribution in [0.2, 0.25) is 0 Å². The second-order valence-electron chi connectivity index (χ2n) is 8.18. The number of hydrogen-bond donors (Lipinski definition) is 1. The summed E-state index contributed by atoms with van der Waals surface area (Å²) in [5.74, 6) is 0.646. The molecule has 0 unspecified atom stereocenters. The highest BCUT2D eigenvalue weighted by atomic mass is 15.1. The highest BCUT2D eigenvalue weighted by Crippen LogP contribution is 2.26. The molecule has 2 heteroatoms. The van der Waals surface area contributed by atoms with Gasteiger partial charge in [-0.3, -0.25) is 4.90 Å². The van der Waals surface area contributed by atoms with Crippen LogP contribution < -0.4 is 5.32 Å². The Hall–Kier alpha value is -1.80. The van der Waals surface area contributed by atoms with Crippen LogP contribution in [-0.2, 0) is 19.4 Å². The zero-order valence-electron chi connectivity index (χ0n) is 16.9. The molecule has 2 aromatic carbocycles. The normalized spacial score (nSPS) is 16.4. The van der Waals surface area contributed by atoms with Crippen LogP contribution in [-0.4, -0.2) is 24.0 Å². The largest absolute Gasteiger partial charge is 0.385 e. The Balaban J connectivity index is 0.000000187. The summed E-state index contributed by atoms with van der Waals surface area (Å²) in [5.41, 5.74) is 7.36. The van der Waals surface area contributed by atoms with Crippen LogP contribution in [0.3, 0.4) is 0 Å². The molecular weight excluding hydrogens is 316 g/mol. The highest BCUT2D eigenvalue weighted by Gasteiger charge is 2.17. The van der Waals surface area contributed by atoms with Crippen molar-refractivity contribution in [3.05, 3.63) is 64.7 Å². The lowest BCUT2D eigenvalue weighted by Crippen LogP contribution is -2.35. The lowest BCUT2D eigenvalue weighted by molar-refractivity contribution is 0.203. The van der Waals surface area contributed by atoms with Gasteiger partial charge in [-0.25, -0.2) is 0 Å². The molecule has 0 saturated heterocycles. The summed E-state index contributed by atoms with van der Waals surface area (Å²) in [6.45, 7) is 12.5. The van der Waals surface area contributed by atoms with Gasteiger partial charge in [0.15, 0.2) is 0 Å². The third-order valence-electron chi connectivity index (χ3n) is 5.62. The van der Waals surface area contributed by atoms with Crippen molar-refractivity contribution in [1.82, 2.24) is 4.90 Å². The standard InChI is InChI=1S/2C12H17N.H2/c1-9(2)10-5-6-12-11(8-10)4-3-7-13-12;1-10(2)13-8-7-11-5-3-4-6-12(11)9-13;/h5-6,8-9,13H,3-4,7H2,1-2H3;3-6,10H,7-9H2,1-2H3;1H. The fourth-order valence-corrected chi connectivity index (χ4v) is 3.81. The van der Waals surface area contributed by atoms with Crippen molar-refractivity contribution < 1.29 is 1.43 Å². The SMILES string of the molecule is CC(C)N1CCc2ccccc2C1.CC(C)c1ccc2c(c1)CCCN2.[HH]. The van der Waals surface area contributed by atoms with E-state index in [9.17, 15) is 0 Å². The van der Waals surface area contributed by atoms with Crippen LogP contribution in [0.15, 0.2) is 42.5 Å². The van der Waals surface area contributed by atoms with Crippen molar-refractivity contribution in [1.29, 1.82) is 0 Å². The van der Waals surface area contributed by atoms with Gasteiger partial charge in [0.1, 0.15) is 0 Å². The molecule has 0 atom stereocenters.